The lowest BCUT2D eigenvalue weighted by atomic mass is 10.1. The van der Waals surface area contributed by atoms with Crippen LogP contribution in [0.15, 0.2) is 41.3 Å². The number of nitrogens with one attached hydrogen (secondary N) is 2. The topological polar surface area (TPSA) is 87.7 Å². The number of amides is 2. The molecule has 1 aliphatic rings. The number of hydrogen-bond donors (Lipinski definition) is 2. The number of sulfonamides is 1. The quantitative estimate of drug-likeness (QED) is 0.793. The summed E-state index contributed by atoms with van der Waals surface area (Å²) in [6.45, 7) is 2.93. The maximum absolute atomic E-state index is 12.7. The zero-order valence-electron chi connectivity index (χ0n) is 15.0. The fourth-order valence-electron chi connectivity index (χ4n) is 2.93. The Morgan fingerprint density at radius 1 is 1.26 bits per heavy atom. The SMILES string of the molecule is CCNC(=O)N1CCc2ccc(NS(=O)(=O)c3ccc(OC)c(Cl)c3)cc21. The Labute approximate surface area is 163 Å². The lowest BCUT2D eigenvalue weighted by Gasteiger charge is -2.18. The van der Waals surface area contributed by atoms with Gasteiger partial charge in [-0.3, -0.25) is 9.62 Å². The van der Waals surface area contributed by atoms with Crippen molar-refractivity contribution in [3.8, 4) is 5.75 Å². The second-order valence-electron chi connectivity index (χ2n) is 5.98. The first-order valence-electron chi connectivity index (χ1n) is 8.40. The van der Waals surface area contributed by atoms with Gasteiger partial charge in [0.05, 0.1) is 28.4 Å². The average molecular weight is 410 g/mol. The van der Waals surface area contributed by atoms with Gasteiger partial charge in [-0.2, -0.15) is 0 Å². The van der Waals surface area contributed by atoms with Crippen molar-refractivity contribution in [2.24, 2.45) is 0 Å². The Morgan fingerprint density at radius 2 is 2.04 bits per heavy atom. The van der Waals surface area contributed by atoms with Gasteiger partial charge in [0.15, 0.2) is 0 Å². The van der Waals surface area contributed by atoms with Crippen LogP contribution in [0.25, 0.3) is 0 Å². The highest BCUT2D eigenvalue weighted by atomic mass is 35.5. The number of carbonyl (C=O) groups excluding carboxylic acids is 1. The predicted octanol–water partition coefficient (Wildman–Crippen LogP) is 3.24. The highest BCUT2D eigenvalue weighted by Gasteiger charge is 2.25. The van der Waals surface area contributed by atoms with Crippen LogP contribution in [0.5, 0.6) is 5.75 Å². The molecular formula is C18H20ClN3O4S. The number of urea groups is 1. The summed E-state index contributed by atoms with van der Waals surface area (Å²) in [5.41, 5.74) is 2.07. The second-order valence-corrected chi connectivity index (χ2v) is 8.07. The summed E-state index contributed by atoms with van der Waals surface area (Å²) < 4.78 is 32.9. The molecule has 0 fully saturated rings. The largest absolute Gasteiger partial charge is 0.495 e. The van der Waals surface area contributed by atoms with E-state index in [2.05, 4.69) is 10.0 Å². The molecule has 2 amide bonds. The fourth-order valence-corrected chi connectivity index (χ4v) is 4.33. The lowest BCUT2D eigenvalue weighted by molar-refractivity contribution is 0.247. The molecule has 1 heterocycles. The molecule has 3 rings (SSSR count). The third-order valence-electron chi connectivity index (χ3n) is 4.24. The number of halogens is 1. The van der Waals surface area contributed by atoms with Crippen molar-refractivity contribution < 1.29 is 17.9 Å². The van der Waals surface area contributed by atoms with Gasteiger partial charge in [0.25, 0.3) is 10.0 Å². The molecule has 7 nitrogen and oxygen atoms in total. The number of nitrogens with zero attached hydrogens (tertiary/aromatic N) is 1. The molecule has 0 atom stereocenters. The van der Waals surface area contributed by atoms with E-state index in [0.717, 1.165) is 12.0 Å². The maximum atomic E-state index is 12.7. The minimum Gasteiger partial charge on any atom is -0.495 e. The molecule has 0 aromatic heterocycles. The van der Waals surface area contributed by atoms with Gasteiger partial charge < -0.3 is 10.1 Å². The van der Waals surface area contributed by atoms with Crippen LogP contribution in [0.4, 0.5) is 16.2 Å². The molecule has 0 radical (unpaired) electrons. The number of carbonyl (C=O) groups is 1. The van der Waals surface area contributed by atoms with E-state index in [1.54, 1.807) is 17.0 Å². The highest BCUT2D eigenvalue weighted by molar-refractivity contribution is 7.92. The van der Waals surface area contributed by atoms with Crippen LogP contribution in [-0.2, 0) is 16.4 Å². The first-order chi connectivity index (χ1) is 12.9. The molecule has 2 aromatic carbocycles. The van der Waals surface area contributed by atoms with Gasteiger partial charge in [-0.1, -0.05) is 17.7 Å². The van der Waals surface area contributed by atoms with Crippen molar-refractivity contribution in [2.45, 2.75) is 18.2 Å². The summed E-state index contributed by atoms with van der Waals surface area (Å²) in [5, 5.41) is 2.97. The van der Waals surface area contributed by atoms with Crippen LogP contribution < -0.4 is 19.7 Å². The maximum Gasteiger partial charge on any atom is 0.321 e. The molecular weight excluding hydrogens is 390 g/mol. The molecule has 0 bridgehead atoms. The summed E-state index contributed by atoms with van der Waals surface area (Å²) in [4.78, 5) is 13.8. The van der Waals surface area contributed by atoms with Gasteiger partial charge in [-0.05, 0) is 49.2 Å². The first-order valence-corrected chi connectivity index (χ1v) is 10.3. The number of fused-ring (bicyclic) bond motifs is 1. The van der Waals surface area contributed by atoms with E-state index in [0.29, 0.717) is 30.2 Å². The van der Waals surface area contributed by atoms with E-state index in [4.69, 9.17) is 16.3 Å². The second kappa shape index (κ2) is 7.66. The molecule has 0 spiro atoms. The number of ether oxygens (including phenoxy) is 1. The van der Waals surface area contributed by atoms with E-state index in [-0.39, 0.29) is 15.9 Å². The number of anilines is 2. The minimum atomic E-state index is -3.84. The van der Waals surface area contributed by atoms with E-state index >= 15 is 0 Å². The van der Waals surface area contributed by atoms with Crippen molar-refractivity contribution in [2.75, 3.05) is 29.8 Å². The van der Waals surface area contributed by atoms with Crippen LogP contribution in [0, 0.1) is 0 Å². The first kappa shape index (κ1) is 19.3. The Morgan fingerprint density at radius 3 is 2.70 bits per heavy atom. The molecule has 1 aliphatic heterocycles. The van der Waals surface area contributed by atoms with Crippen LogP contribution in [0.3, 0.4) is 0 Å². The molecule has 0 saturated carbocycles. The monoisotopic (exact) mass is 409 g/mol. The van der Waals surface area contributed by atoms with E-state index in [1.165, 1.54) is 25.3 Å². The zero-order chi connectivity index (χ0) is 19.6. The third kappa shape index (κ3) is 3.96. The molecule has 2 aromatic rings. The predicted molar refractivity (Wildman–Crippen MR) is 105 cm³/mol. The molecule has 27 heavy (non-hydrogen) atoms. The fraction of sp³-hybridized carbons (Fsp3) is 0.278. The van der Waals surface area contributed by atoms with Crippen molar-refractivity contribution in [1.29, 1.82) is 0 Å². The smallest absolute Gasteiger partial charge is 0.321 e. The molecule has 144 valence electrons. The van der Waals surface area contributed by atoms with Gasteiger partial charge in [0.2, 0.25) is 0 Å². The summed E-state index contributed by atoms with van der Waals surface area (Å²) in [6, 6.07) is 9.23. The Bertz CT molecular complexity index is 979. The number of rotatable bonds is 5. The van der Waals surface area contributed by atoms with Gasteiger partial charge in [0.1, 0.15) is 5.75 Å². The van der Waals surface area contributed by atoms with Crippen molar-refractivity contribution in [3.63, 3.8) is 0 Å². The van der Waals surface area contributed by atoms with E-state index < -0.39 is 10.0 Å². The van der Waals surface area contributed by atoms with Crippen LogP contribution in [0.1, 0.15) is 12.5 Å². The number of benzene rings is 2. The summed E-state index contributed by atoms with van der Waals surface area (Å²) in [6.07, 6.45) is 0.730. The lowest BCUT2D eigenvalue weighted by Crippen LogP contribution is -2.38. The van der Waals surface area contributed by atoms with Crippen LogP contribution in [-0.4, -0.2) is 34.6 Å². The highest BCUT2D eigenvalue weighted by Crippen LogP contribution is 2.32. The standard InChI is InChI=1S/C18H20ClN3O4S/c1-3-20-18(23)22-9-8-12-4-5-13(10-16(12)22)21-27(24,25)14-6-7-17(26-2)15(19)11-14/h4-7,10-11,21H,3,8-9H2,1-2H3,(H,20,23). The molecule has 0 unspecified atom stereocenters. The molecule has 2 N–H and O–H groups in total. The van der Waals surface area contributed by atoms with Crippen molar-refractivity contribution >= 4 is 39.0 Å². The van der Waals surface area contributed by atoms with Gasteiger partial charge in [0, 0.05) is 13.1 Å². The average Bonchev–Trinajstić information content (AvgIpc) is 3.04. The van der Waals surface area contributed by atoms with Gasteiger partial charge in [-0.15, -0.1) is 0 Å². The van der Waals surface area contributed by atoms with E-state index in [1.807, 2.05) is 13.0 Å². The number of methoxy groups -OCH3 is 1. The molecule has 0 saturated heterocycles. The van der Waals surface area contributed by atoms with E-state index in [9.17, 15) is 13.2 Å². The normalized spacial score (nSPS) is 13.2. The van der Waals surface area contributed by atoms with Crippen LogP contribution in [0.2, 0.25) is 5.02 Å². The number of hydrogen-bond acceptors (Lipinski definition) is 4. The Kier molecular flexibility index (Phi) is 5.48. The Balaban J connectivity index is 1.87. The van der Waals surface area contributed by atoms with Crippen molar-refractivity contribution in [1.82, 2.24) is 5.32 Å². The molecule has 0 aliphatic carbocycles. The summed E-state index contributed by atoms with van der Waals surface area (Å²) >= 11 is 6.03. The van der Waals surface area contributed by atoms with Gasteiger partial charge >= 0.3 is 6.03 Å². The zero-order valence-corrected chi connectivity index (χ0v) is 16.5. The third-order valence-corrected chi connectivity index (χ3v) is 5.91. The minimum absolute atomic E-state index is 0.0226. The Hall–Kier alpha value is -2.45. The van der Waals surface area contributed by atoms with Crippen molar-refractivity contribution in [3.05, 3.63) is 47.0 Å². The summed E-state index contributed by atoms with van der Waals surface area (Å²) in [5.74, 6) is 0.394. The van der Waals surface area contributed by atoms with Gasteiger partial charge in [-0.25, -0.2) is 13.2 Å². The summed E-state index contributed by atoms with van der Waals surface area (Å²) in [7, 11) is -2.38. The molecule has 9 heteroatoms. The van der Waals surface area contributed by atoms with Crippen LogP contribution >= 0.6 is 11.6 Å².